The van der Waals surface area contributed by atoms with Gasteiger partial charge in [-0.1, -0.05) is 12.1 Å². The van der Waals surface area contributed by atoms with E-state index < -0.39 is 0 Å². The van der Waals surface area contributed by atoms with E-state index >= 15 is 0 Å². The zero-order chi connectivity index (χ0) is 22.6. The molecule has 1 aromatic heterocycles. The van der Waals surface area contributed by atoms with Crippen LogP contribution in [0.3, 0.4) is 0 Å². The lowest BCUT2D eigenvalue weighted by Gasteiger charge is -2.38. The molecular weight excluding hydrogens is 422 g/mol. The van der Waals surface area contributed by atoms with Crippen LogP contribution in [0.15, 0.2) is 41.3 Å². The van der Waals surface area contributed by atoms with Crippen molar-refractivity contribution in [1.29, 1.82) is 0 Å². The van der Waals surface area contributed by atoms with Crippen molar-refractivity contribution < 1.29 is 23.5 Å². The summed E-state index contributed by atoms with van der Waals surface area (Å²) in [4.78, 5) is 33.7. The van der Waals surface area contributed by atoms with Crippen LogP contribution in [-0.2, 0) is 9.47 Å². The van der Waals surface area contributed by atoms with E-state index in [1.165, 1.54) is 6.39 Å². The van der Waals surface area contributed by atoms with Crippen molar-refractivity contribution >= 4 is 12.0 Å². The van der Waals surface area contributed by atoms with Crippen molar-refractivity contribution in [3.05, 3.63) is 42.4 Å². The molecule has 0 unspecified atom stereocenters. The minimum atomic E-state index is -0.229. The maximum atomic E-state index is 13.4. The van der Waals surface area contributed by atoms with Crippen LogP contribution in [0.1, 0.15) is 48.9 Å². The van der Waals surface area contributed by atoms with Gasteiger partial charge in [0.25, 0.3) is 5.91 Å². The normalized spacial score (nSPS) is 19.9. The Balaban J connectivity index is 1.16. The number of ether oxygens (including phenoxy) is 2. The predicted molar refractivity (Wildman–Crippen MR) is 121 cm³/mol. The van der Waals surface area contributed by atoms with Crippen LogP contribution in [0.2, 0.25) is 0 Å². The molecular formula is C25H31N3O5. The lowest BCUT2D eigenvalue weighted by atomic mass is 10.0. The van der Waals surface area contributed by atoms with E-state index in [1.54, 1.807) is 11.1 Å². The van der Waals surface area contributed by atoms with Gasteiger partial charge in [0.15, 0.2) is 12.2 Å². The predicted octanol–water partition coefficient (Wildman–Crippen LogP) is 3.97. The van der Waals surface area contributed by atoms with Crippen LogP contribution >= 0.6 is 0 Å². The summed E-state index contributed by atoms with van der Waals surface area (Å²) in [6.45, 7) is 3.22. The molecule has 2 aliphatic heterocycles. The summed E-state index contributed by atoms with van der Waals surface area (Å²) in [5.74, 6) is 1.16. The Hall–Kier alpha value is -2.87. The van der Waals surface area contributed by atoms with Crippen molar-refractivity contribution in [2.75, 3.05) is 32.9 Å². The number of hydrogen-bond acceptors (Lipinski definition) is 6. The van der Waals surface area contributed by atoms with Crippen LogP contribution in [0.4, 0.5) is 4.79 Å². The fourth-order valence-electron chi connectivity index (χ4n) is 4.79. The summed E-state index contributed by atoms with van der Waals surface area (Å²) in [7, 11) is 0. The molecule has 8 nitrogen and oxygen atoms in total. The standard InChI is InChI=1S/C25H31N3O5/c29-24(20-3-1-19(2-4-20)23-15-26-17-33-23)28(21-5-6-21)22-7-11-27(12-8-22)25(30)32-16-18-9-13-31-14-10-18/h1-4,15,17-18,21-22H,5-14,16H2. The number of aromatic nitrogens is 1. The molecule has 33 heavy (non-hydrogen) atoms. The molecule has 2 saturated heterocycles. The molecule has 0 spiro atoms. The summed E-state index contributed by atoms with van der Waals surface area (Å²) in [5, 5.41) is 0. The van der Waals surface area contributed by atoms with Crippen LogP contribution in [-0.4, -0.2) is 71.8 Å². The number of hydrogen-bond donors (Lipinski definition) is 0. The largest absolute Gasteiger partial charge is 0.449 e. The van der Waals surface area contributed by atoms with Gasteiger partial charge in [-0.05, 0) is 56.6 Å². The molecule has 0 N–H and O–H groups in total. The highest BCUT2D eigenvalue weighted by molar-refractivity contribution is 5.95. The number of rotatable bonds is 6. The van der Waals surface area contributed by atoms with E-state index in [9.17, 15) is 9.59 Å². The molecule has 1 aliphatic carbocycles. The molecule has 2 amide bonds. The van der Waals surface area contributed by atoms with E-state index in [2.05, 4.69) is 9.88 Å². The van der Waals surface area contributed by atoms with Gasteiger partial charge in [0.05, 0.1) is 12.8 Å². The van der Waals surface area contributed by atoms with Gasteiger partial charge in [0.1, 0.15) is 0 Å². The van der Waals surface area contributed by atoms with Crippen molar-refractivity contribution in [3.8, 4) is 11.3 Å². The van der Waals surface area contributed by atoms with Crippen molar-refractivity contribution in [2.45, 2.75) is 50.6 Å². The average Bonchev–Trinajstić information content (AvgIpc) is 3.54. The third-order valence-corrected chi connectivity index (χ3v) is 6.92. The minimum absolute atomic E-state index is 0.0714. The van der Waals surface area contributed by atoms with Crippen LogP contribution in [0.25, 0.3) is 11.3 Å². The molecule has 3 fully saturated rings. The van der Waals surface area contributed by atoms with E-state index in [-0.39, 0.29) is 18.0 Å². The number of carbonyl (C=O) groups excluding carboxylic acids is 2. The van der Waals surface area contributed by atoms with Gasteiger partial charge in [-0.3, -0.25) is 4.79 Å². The number of oxazole rings is 1. The lowest BCUT2D eigenvalue weighted by molar-refractivity contribution is 0.0235. The Morgan fingerprint density at radius 3 is 2.33 bits per heavy atom. The van der Waals surface area contributed by atoms with E-state index in [4.69, 9.17) is 13.9 Å². The van der Waals surface area contributed by atoms with E-state index in [0.717, 1.165) is 57.3 Å². The Morgan fingerprint density at radius 2 is 1.70 bits per heavy atom. The number of likely N-dealkylation sites (tertiary alicyclic amines) is 1. The first-order valence-corrected chi connectivity index (χ1v) is 12.0. The summed E-state index contributed by atoms with van der Waals surface area (Å²) < 4.78 is 16.3. The zero-order valence-electron chi connectivity index (χ0n) is 18.9. The van der Waals surface area contributed by atoms with Gasteiger partial charge in [0.2, 0.25) is 0 Å². The molecule has 1 aromatic carbocycles. The molecule has 5 rings (SSSR count). The van der Waals surface area contributed by atoms with E-state index in [1.807, 2.05) is 24.3 Å². The summed E-state index contributed by atoms with van der Waals surface area (Å²) in [6.07, 6.45) is 8.40. The maximum Gasteiger partial charge on any atom is 0.409 e. The summed E-state index contributed by atoms with van der Waals surface area (Å²) in [6, 6.07) is 7.98. The average molecular weight is 454 g/mol. The second-order valence-corrected chi connectivity index (χ2v) is 9.24. The second kappa shape index (κ2) is 9.95. The van der Waals surface area contributed by atoms with E-state index in [0.29, 0.717) is 43.0 Å². The number of nitrogens with zero attached hydrogens (tertiary/aromatic N) is 3. The molecule has 2 aromatic rings. The molecule has 176 valence electrons. The highest BCUT2D eigenvalue weighted by Crippen LogP contribution is 2.34. The number of piperidine rings is 1. The van der Waals surface area contributed by atoms with Crippen molar-refractivity contribution in [3.63, 3.8) is 0 Å². The molecule has 3 aliphatic rings. The molecule has 0 atom stereocenters. The molecule has 3 heterocycles. The Morgan fingerprint density at radius 1 is 1.00 bits per heavy atom. The molecule has 0 bridgehead atoms. The fourth-order valence-corrected chi connectivity index (χ4v) is 4.79. The Kier molecular flexibility index (Phi) is 6.62. The highest BCUT2D eigenvalue weighted by atomic mass is 16.6. The highest BCUT2D eigenvalue weighted by Gasteiger charge is 2.39. The van der Waals surface area contributed by atoms with Gasteiger partial charge in [-0.25, -0.2) is 9.78 Å². The van der Waals surface area contributed by atoms with Gasteiger partial charge in [-0.2, -0.15) is 0 Å². The fraction of sp³-hybridized carbons (Fsp3) is 0.560. The van der Waals surface area contributed by atoms with Gasteiger partial charge < -0.3 is 23.7 Å². The first kappa shape index (κ1) is 21.9. The number of amides is 2. The first-order chi connectivity index (χ1) is 16.2. The zero-order valence-corrected chi connectivity index (χ0v) is 18.9. The molecule has 0 radical (unpaired) electrons. The molecule has 8 heteroatoms. The topological polar surface area (TPSA) is 85.1 Å². The Labute approximate surface area is 193 Å². The monoisotopic (exact) mass is 453 g/mol. The van der Waals surface area contributed by atoms with Crippen molar-refractivity contribution in [2.24, 2.45) is 5.92 Å². The van der Waals surface area contributed by atoms with Gasteiger partial charge in [0, 0.05) is 49.5 Å². The summed E-state index contributed by atoms with van der Waals surface area (Å²) in [5.41, 5.74) is 1.58. The van der Waals surface area contributed by atoms with Gasteiger partial charge in [-0.15, -0.1) is 0 Å². The van der Waals surface area contributed by atoms with Crippen LogP contribution in [0, 0.1) is 5.92 Å². The lowest BCUT2D eigenvalue weighted by Crippen LogP contribution is -2.50. The van der Waals surface area contributed by atoms with Gasteiger partial charge >= 0.3 is 6.09 Å². The SMILES string of the molecule is O=C(OCC1CCOCC1)N1CCC(N(C(=O)c2ccc(-c3cnco3)cc2)C2CC2)CC1. The first-order valence-electron chi connectivity index (χ1n) is 12.0. The maximum absolute atomic E-state index is 13.4. The molecule has 1 saturated carbocycles. The van der Waals surface area contributed by atoms with Crippen LogP contribution in [0.5, 0.6) is 0 Å². The number of carbonyl (C=O) groups is 2. The second-order valence-electron chi connectivity index (χ2n) is 9.24. The third-order valence-electron chi connectivity index (χ3n) is 6.92. The summed E-state index contributed by atoms with van der Waals surface area (Å²) >= 11 is 0. The van der Waals surface area contributed by atoms with Crippen LogP contribution < -0.4 is 0 Å². The smallest absolute Gasteiger partial charge is 0.409 e. The minimum Gasteiger partial charge on any atom is -0.449 e. The van der Waals surface area contributed by atoms with Crippen molar-refractivity contribution in [1.82, 2.24) is 14.8 Å². The Bertz CT molecular complexity index is 927. The third kappa shape index (κ3) is 5.21. The quantitative estimate of drug-likeness (QED) is 0.658. The number of benzene rings is 1.